The van der Waals surface area contributed by atoms with Crippen molar-refractivity contribution in [2.24, 2.45) is 0 Å². The second-order valence-corrected chi connectivity index (χ2v) is 7.53. The molecule has 160 valence electrons. The topological polar surface area (TPSA) is 75.6 Å². The molecule has 1 atom stereocenters. The van der Waals surface area contributed by atoms with Gasteiger partial charge in [-0.1, -0.05) is 96.8 Å². The van der Waals surface area contributed by atoms with Crippen LogP contribution in [0.25, 0.3) is 0 Å². The van der Waals surface area contributed by atoms with Gasteiger partial charge in [0, 0.05) is 6.42 Å². The number of methoxy groups -OCH3 is 1. The van der Waals surface area contributed by atoms with E-state index in [4.69, 9.17) is 5.11 Å². The quantitative estimate of drug-likeness (QED) is 0.245. The van der Waals surface area contributed by atoms with Crippen LogP contribution in [0.15, 0.2) is 0 Å². The van der Waals surface area contributed by atoms with Gasteiger partial charge in [0.2, 0.25) is 5.91 Å². The lowest BCUT2D eigenvalue weighted by atomic mass is 10.0. The van der Waals surface area contributed by atoms with Crippen molar-refractivity contribution in [3.63, 3.8) is 0 Å². The van der Waals surface area contributed by atoms with Crippen LogP contribution in [-0.2, 0) is 14.3 Å². The summed E-state index contributed by atoms with van der Waals surface area (Å²) in [7, 11) is 1.24. The highest BCUT2D eigenvalue weighted by Gasteiger charge is 2.19. The Morgan fingerprint density at radius 2 is 1.19 bits per heavy atom. The average molecular weight is 386 g/mol. The van der Waals surface area contributed by atoms with Crippen LogP contribution in [0.4, 0.5) is 0 Å². The molecule has 27 heavy (non-hydrogen) atoms. The zero-order valence-electron chi connectivity index (χ0n) is 17.8. The lowest BCUT2D eigenvalue weighted by molar-refractivity contribution is -0.146. The summed E-state index contributed by atoms with van der Waals surface area (Å²) in [6, 6.07) is -0.946. The number of amides is 1. The summed E-state index contributed by atoms with van der Waals surface area (Å²) in [5.74, 6) is -0.809. The molecule has 5 nitrogen and oxygen atoms in total. The molecule has 2 N–H and O–H groups in total. The molecule has 0 spiro atoms. The van der Waals surface area contributed by atoms with Gasteiger partial charge in [0.05, 0.1) is 13.7 Å². The SMILES string of the molecule is CCCCCCCCCCCCCCCCCC(=O)NC(CO)C(=O)OC. The van der Waals surface area contributed by atoms with E-state index in [1.54, 1.807) is 0 Å². The number of hydrogen-bond acceptors (Lipinski definition) is 4. The lowest BCUT2D eigenvalue weighted by Gasteiger charge is -2.13. The van der Waals surface area contributed by atoms with E-state index < -0.39 is 18.6 Å². The third-order valence-corrected chi connectivity index (χ3v) is 5.01. The minimum atomic E-state index is -0.946. The zero-order valence-corrected chi connectivity index (χ0v) is 17.8. The van der Waals surface area contributed by atoms with E-state index >= 15 is 0 Å². The van der Waals surface area contributed by atoms with Gasteiger partial charge >= 0.3 is 5.97 Å². The minimum Gasteiger partial charge on any atom is -0.467 e. The number of aliphatic hydroxyl groups excluding tert-OH is 1. The van der Waals surface area contributed by atoms with Crippen molar-refractivity contribution in [2.45, 2.75) is 116 Å². The molecule has 0 aliphatic rings. The Labute approximate surface area is 166 Å². The smallest absolute Gasteiger partial charge is 0.330 e. The van der Waals surface area contributed by atoms with E-state index in [1.165, 1.54) is 84.2 Å². The molecule has 0 aliphatic heterocycles. The van der Waals surface area contributed by atoms with Crippen LogP contribution in [0.3, 0.4) is 0 Å². The van der Waals surface area contributed by atoms with Crippen molar-refractivity contribution in [3.05, 3.63) is 0 Å². The number of carbonyl (C=O) groups excluding carboxylic acids is 2. The molecule has 5 heteroatoms. The van der Waals surface area contributed by atoms with Gasteiger partial charge in [-0.15, -0.1) is 0 Å². The van der Waals surface area contributed by atoms with Crippen LogP contribution < -0.4 is 5.32 Å². The molecular formula is C22H43NO4. The second kappa shape index (κ2) is 19.7. The summed E-state index contributed by atoms with van der Waals surface area (Å²) < 4.78 is 4.52. The molecule has 0 fully saturated rings. The third-order valence-electron chi connectivity index (χ3n) is 5.01. The number of ether oxygens (including phenoxy) is 1. The number of unbranched alkanes of at least 4 members (excludes halogenated alkanes) is 14. The van der Waals surface area contributed by atoms with Gasteiger partial charge in [-0.25, -0.2) is 4.79 Å². The van der Waals surface area contributed by atoms with Crippen molar-refractivity contribution >= 4 is 11.9 Å². The van der Waals surface area contributed by atoms with Gasteiger partial charge in [-0.05, 0) is 6.42 Å². The fraction of sp³-hybridized carbons (Fsp3) is 0.909. The molecule has 0 aromatic rings. The van der Waals surface area contributed by atoms with Crippen LogP contribution >= 0.6 is 0 Å². The molecule has 0 saturated heterocycles. The highest BCUT2D eigenvalue weighted by atomic mass is 16.5. The fourth-order valence-corrected chi connectivity index (χ4v) is 3.24. The van der Waals surface area contributed by atoms with E-state index in [9.17, 15) is 9.59 Å². The molecule has 0 aliphatic carbocycles. The number of nitrogens with one attached hydrogen (secondary N) is 1. The van der Waals surface area contributed by atoms with Crippen molar-refractivity contribution in [1.29, 1.82) is 0 Å². The number of esters is 1. The van der Waals surface area contributed by atoms with Crippen LogP contribution in [0.2, 0.25) is 0 Å². The van der Waals surface area contributed by atoms with Crippen LogP contribution in [0.5, 0.6) is 0 Å². The molecular weight excluding hydrogens is 342 g/mol. The number of aliphatic hydroxyl groups is 1. The summed E-state index contributed by atoms with van der Waals surface area (Å²) in [5.41, 5.74) is 0. The van der Waals surface area contributed by atoms with Crippen molar-refractivity contribution in [1.82, 2.24) is 5.32 Å². The third kappa shape index (κ3) is 16.8. The summed E-state index contributed by atoms with van der Waals surface area (Å²) >= 11 is 0. The first-order valence-electron chi connectivity index (χ1n) is 11.1. The van der Waals surface area contributed by atoms with Crippen LogP contribution in [0, 0.1) is 0 Å². The van der Waals surface area contributed by atoms with Crippen molar-refractivity contribution < 1.29 is 19.4 Å². The largest absolute Gasteiger partial charge is 0.467 e. The molecule has 0 aromatic heterocycles. The highest BCUT2D eigenvalue weighted by Crippen LogP contribution is 2.13. The predicted molar refractivity (Wildman–Crippen MR) is 111 cm³/mol. The molecule has 0 saturated carbocycles. The maximum Gasteiger partial charge on any atom is 0.330 e. The summed E-state index contributed by atoms with van der Waals surface area (Å²) in [6.07, 6.45) is 19.7. The highest BCUT2D eigenvalue weighted by molar-refractivity contribution is 5.84. The standard InChI is InChI=1S/C22H43NO4/c1-3-4-5-6-7-8-9-10-11-12-13-14-15-16-17-18-21(25)23-20(19-24)22(26)27-2/h20,24H,3-19H2,1-2H3,(H,23,25). The molecule has 0 heterocycles. The van der Waals surface area contributed by atoms with Gasteiger partial charge < -0.3 is 15.2 Å². The monoisotopic (exact) mass is 385 g/mol. The summed E-state index contributed by atoms with van der Waals surface area (Å²) in [4.78, 5) is 23.0. The second-order valence-electron chi connectivity index (χ2n) is 7.53. The zero-order chi connectivity index (χ0) is 20.2. The molecule has 1 amide bonds. The van der Waals surface area contributed by atoms with Crippen LogP contribution in [0.1, 0.15) is 110 Å². The van der Waals surface area contributed by atoms with E-state index in [-0.39, 0.29) is 5.91 Å². The molecule has 0 bridgehead atoms. The van der Waals surface area contributed by atoms with E-state index in [1.807, 2.05) is 0 Å². The van der Waals surface area contributed by atoms with Gasteiger partial charge in [0.1, 0.15) is 0 Å². The van der Waals surface area contributed by atoms with Gasteiger partial charge in [-0.2, -0.15) is 0 Å². The summed E-state index contributed by atoms with van der Waals surface area (Å²) in [5, 5.41) is 11.6. The molecule has 1 unspecified atom stereocenters. The first-order valence-corrected chi connectivity index (χ1v) is 11.1. The maximum atomic E-state index is 11.7. The van der Waals surface area contributed by atoms with Crippen molar-refractivity contribution in [3.8, 4) is 0 Å². The summed E-state index contributed by atoms with van der Waals surface area (Å²) in [6.45, 7) is 1.83. The normalized spacial score (nSPS) is 12.0. The Bertz CT molecular complexity index is 360. The Morgan fingerprint density at radius 1 is 0.778 bits per heavy atom. The molecule has 0 aromatic carbocycles. The number of rotatable bonds is 19. The Hall–Kier alpha value is -1.10. The Balaban J connectivity index is 3.33. The Kier molecular flexibility index (Phi) is 18.9. The van der Waals surface area contributed by atoms with E-state index in [2.05, 4.69) is 17.0 Å². The first kappa shape index (κ1) is 25.9. The Morgan fingerprint density at radius 3 is 1.56 bits per heavy atom. The average Bonchev–Trinajstić information content (AvgIpc) is 2.68. The fourth-order valence-electron chi connectivity index (χ4n) is 3.24. The first-order chi connectivity index (χ1) is 13.2. The lowest BCUT2D eigenvalue weighted by Crippen LogP contribution is -2.43. The van der Waals surface area contributed by atoms with E-state index in [0.717, 1.165) is 19.3 Å². The van der Waals surface area contributed by atoms with Crippen LogP contribution in [-0.4, -0.2) is 36.7 Å². The van der Waals surface area contributed by atoms with Gasteiger partial charge in [-0.3, -0.25) is 4.79 Å². The molecule has 0 rings (SSSR count). The number of carbonyl (C=O) groups is 2. The van der Waals surface area contributed by atoms with Gasteiger partial charge in [0.15, 0.2) is 6.04 Å². The minimum absolute atomic E-state index is 0.200. The van der Waals surface area contributed by atoms with Gasteiger partial charge in [0.25, 0.3) is 0 Å². The van der Waals surface area contributed by atoms with Crippen molar-refractivity contribution in [2.75, 3.05) is 13.7 Å². The number of hydrogen-bond donors (Lipinski definition) is 2. The predicted octanol–water partition coefficient (Wildman–Crippen LogP) is 4.90. The maximum absolute atomic E-state index is 11.7. The molecule has 0 radical (unpaired) electrons. The van der Waals surface area contributed by atoms with E-state index in [0.29, 0.717) is 6.42 Å².